The summed E-state index contributed by atoms with van der Waals surface area (Å²) >= 11 is 2.82. The van der Waals surface area contributed by atoms with Gasteiger partial charge >= 0.3 is 0 Å². The van der Waals surface area contributed by atoms with Gasteiger partial charge in [0.15, 0.2) is 0 Å². The second-order valence-electron chi connectivity index (χ2n) is 9.02. The van der Waals surface area contributed by atoms with Crippen LogP contribution < -0.4 is 10.1 Å². The summed E-state index contributed by atoms with van der Waals surface area (Å²) in [7, 11) is 0. The van der Waals surface area contributed by atoms with E-state index < -0.39 is 0 Å². The van der Waals surface area contributed by atoms with Crippen LogP contribution in [0.3, 0.4) is 0 Å². The second-order valence-corrected chi connectivity index (χ2v) is 10.4. The summed E-state index contributed by atoms with van der Waals surface area (Å²) in [5.74, 6) is 10.5. The Labute approximate surface area is 177 Å². The van der Waals surface area contributed by atoms with Gasteiger partial charge in [0.05, 0.1) is 0 Å². The zero-order valence-electron chi connectivity index (χ0n) is 17.2. The third kappa shape index (κ3) is 3.60. The van der Waals surface area contributed by atoms with Gasteiger partial charge in [0.2, 0.25) is 0 Å². The Morgan fingerprint density at radius 1 is 1.21 bits per heavy atom. The first-order chi connectivity index (χ1) is 13.6. The van der Waals surface area contributed by atoms with Crippen molar-refractivity contribution >= 4 is 24.1 Å². The van der Waals surface area contributed by atoms with Crippen molar-refractivity contribution < 1.29 is 13.5 Å². The molecule has 4 nitrogen and oxygen atoms in total. The van der Waals surface area contributed by atoms with E-state index in [2.05, 4.69) is 41.6 Å². The summed E-state index contributed by atoms with van der Waals surface area (Å²) in [4.78, 5) is 4.13. The summed E-state index contributed by atoms with van der Waals surface area (Å²) in [5.41, 5.74) is 4.86. The molecule has 4 rings (SSSR count). The van der Waals surface area contributed by atoms with Crippen LogP contribution in [0.25, 0.3) is 0 Å². The van der Waals surface area contributed by atoms with Crippen molar-refractivity contribution in [3.05, 3.63) is 28.8 Å². The summed E-state index contributed by atoms with van der Waals surface area (Å²) in [6, 6.07) is 4.65. The first-order valence-electron chi connectivity index (χ1n) is 10.6. The molecule has 156 valence electrons. The number of hydrogen-bond donors (Lipinski definition) is 1. The van der Waals surface area contributed by atoms with Crippen LogP contribution in [0.1, 0.15) is 68.6 Å². The van der Waals surface area contributed by atoms with E-state index >= 15 is 0 Å². The van der Waals surface area contributed by atoms with E-state index in [0.717, 1.165) is 54.6 Å². The molecule has 2 N–H and O–H groups in total. The molecule has 6 heteroatoms. The van der Waals surface area contributed by atoms with Crippen molar-refractivity contribution in [1.82, 2.24) is 0 Å². The number of aryl methyl sites for hydroxylation is 2. The summed E-state index contributed by atoms with van der Waals surface area (Å²) < 4.78 is 10.3. The molecule has 1 aromatic carbocycles. The quantitative estimate of drug-likeness (QED) is 0.257. The molecule has 3 unspecified atom stereocenters. The normalized spacial score (nSPS) is 33.9. The van der Waals surface area contributed by atoms with Crippen LogP contribution >= 0.6 is 24.1 Å². The maximum absolute atomic E-state index is 5.68. The smallest absolute Gasteiger partial charge is 0.260 e. The first kappa shape index (κ1) is 20.9. The SMILES string of the molecule is CCc1cc2c(cc1OSOON)CCC1C2CC[C@@]2(C)C1CC[C@@H]2CSC. The van der Waals surface area contributed by atoms with Gasteiger partial charge in [-0.25, -0.2) is 0 Å². The van der Waals surface area contributed by atoms with Gasteiger partial charge in [0.1, 0.15) is 5.75 Å². The lowest BCUT2D eigenvalue weighted by Gasteiger charge is -2.51. The highest BCUT2D eigenvalue weighted by atomic mass is 32.2. The van der Waals surface area contributed by atoms with Crippen molar-refractivity contribution in [3.8, 4) is 5.75 Å². The molecule has 0 saturated heterocycles. The van der Waals surface area contributed by atoms with Gasteiger partial charge in [0, 0.05) is 0 Å². The molecule has 2 fully saturated rings. The van der Waals surface area contributed by atoms with Crippen molar-refractivity contribution in [2.24, 2.45) is 29.1 Å². The molecule has 2 saturated carbocycles. The highest BCUT2D eigenvalue weighted by Gasteiger charge is 2.54. The van der Waals surface area contributed by atoms with Crippen LogP contribution in [0.5, 0.6) is 5.75 Å². The van der Waals surface area contributed by atoms with Crippen molar-refractivity contribution in [2.45, 2.75) is 64.7 Å². The summed E-state index contributed by atoms with van der Waals surface area (Å²) in [5, 5.41) is 0. The molecule has 0 heterocycles. The molecule has 3 aliphatic rings. The molecule has 0 spiro atoms. The third-order valence-corrected chi connectivity index (χ3v) is 9.16. The minimum atomic E-state index is 0.564. The third-order valence-electron chi connectivity index (χ3n) is 8.04. The Hall–Kier alpha value is -0.400. The van der Waals surface area contributed by atoms with E-state index in [-0.39, 0.29) is 0 Å². The van der Waals surface area contributed by atoms with Crippen LogP contribution in [-0.2, 0) is 22.2 Å². The predicted octanol–water partition coefficient (Wildman–Crippen LogP) is 5.85. The molecule has 0 aromatic heterocycles. The molecule has 0 amide bonds. The molecule has 0 radical (unpaired) electrons. The van der Waals surface area contributed by atoms with Crippen LogP contribution in [-0.4, -0.2) is 12.0 Å². The number of nitrogens with two attached hydrogens (primary N) is 1. The fraction of sp³-hybridized carbons (Fsp3) is 0.727. The van der Waals surface area contributed by atoms with E-state index in [1.807, 2.05) is 11.8 Å². The largest absolute Gasteiger partial charge is 0.398 e. The highest BCUT2D eigenvalue weighted by molar-refractivity contribution is 7.98. The molecular weight excluding hydrogens is 390 g/mol. The van der Waals surface area contributed by atoms with E-state index in [1.54, 1.807) is 5.56 Å². The average molecular weight is 424 g/mol. The molecular formula is C22H33NO3S2. The Kier molecular flexibility index (Phi) is 6.53. The number of rotatable bonds is 7. The molecule has 5 atom stereocenters. The second kappa shape index (κ2) is 8.76. The minimum Gasteiger partial charge on any atom is -0.398 e. The van der Waals surface area contributed by atoms with Crippen molar-refractivity contribution in [3.63, 3.8) is 0 Å². The van der Waals surface area contributed by atoms with Crippen LogP contribution in [0.4, 0.5) is 0 Å². The fourth-order valence-corrected chi connectivity index (χ4v) is 7.89. The van der Waals surface area contributed by atoms with Crippen LogP contribution in [0.15, 0.2) is 12.1 Å². The summed E-state index contributed by atoms with van der Waals surface area (Å²) in [6.45, 7) is 4.80. The Balaban J connectivity index is 1.59. The van der Waals surface area contributed by atoms with Crippen molar-refractivity contribution in [2.75, 3.05) is 12.0 Å². The fourth-order valence-electron chi connectivity index (χ4n) is 6.65. The van der Waals surface area contributed by atoms with Crippen LogP contribution in [0, 0.1) is 23.2 Å². The Bertz CT molecular complexity index is 701. The number of benzene rings is 1. The van der Waals surface area contributed by atoms with Gasteiger partial charge in [-0.3, -0.25) is 0 Å². The molecule has 1 aromatic rings. The van der Waals surface area contributed by atoms with E-state index in [4.69, 9.17) is 10.1 Å². The standard InChI is InChI=1S/C22H33NO3S2/c1-4-14-11-19-15(12-21(14)24-28-26-25-23)5-7-18-17(19)9-10-22(2)16(13-27-3)6-8-20(18)22/h11-12,16-18,20H,4-10,13,23H2,1-3H3/t16-,17?,18?,20?,22-/m1/s1. The van der Waals surface area contributed by atoms with E-state index in [1.165, 1.54) is 49.0 Å². The van der Waals surface area contributed by atoms with Gasteiger partial charge in [-0.1, -0.05) is 19.9 Å². The van der Waals surface area contributed by atoms with Gasteiger partial charge in [-0.2, -0.15) is 17.7 Å². The molecule has 3 aliphatic carbocycles. The zero-order chi connectivity index (χ0) is 19.7. The summed E-state index contributed by atoms with van der Waals surface area (Å²) in [6.07, 6.45) is 11.3. The van der Waals surface area contributed by atoms with Gasteiger partial charge in [-0.15, -0.1) is 9.32 Å². The van der Waals surface area contributed by atoms with Crippen LogP contribution in [0.2, 0.25) is 0 Å². The monoisotopic (exact) mass is 423 g/mol. The molecule has 28 heavy (non-hydrogen) atoms. The van der Waals surface area contributed by atoms with Gasteiger partial charge < -0.3 is 4.18 Å². The molecule has 0 bridgehead atoms. The maximum Gasteiger partial charge on any atom is 0.260 e. The predicted molar refractivity (Wildman–Crippen MR) is 117 cm³/mol. The number of fused-ring (bicyclic) bond motifs is 5. The lowest BCUT2D eigenvalue weighted by Crippen LogP contribution is -2.42. The lowest BCUT2D eigenvalue weighted by molar-refractivity contribution is -0.199. The first-order valence-corrected chi connectivity index (χ1v) is 12.7. The maximum atomic E-state index is 5.68. The highest BCUT2D eigenvalue weighted by Crippen LogP contribution is 2.63. The number of hydrogen-bond acceptors (Lipinski definition) is 6. The minimum absolute atomic E-state index is 0.564. The molecule has 0 aliphatic heterocycles. The Morgan fingerprint density at radius 3 is 2.82 bits per heavy atom. The zero-order valence-corrected chi connectivity index (χ0v) is 18.9. The average Bonchev–Trinajstić information content (AvgIpc) is 3.04. The number of thioether (sulfide) groups is 1. The van der Waals surface area contributed by atoms with E-state index in [0.29, 0.717) is 5.41 Å². The van der Waals surface area contributed by atoms with Gasteiger partial charge in [0.25, 0.3) is 12.3 Å². The Morgan fingerprint density at radius 2 is 2.07 bits per heavy atom. The topological polar surface area (TPSA) is 53.7 Å². The lowest BCUT2D eigenvalue weighted by atomic mass is 9.54. The van der Waals surface area contributed by atoms with Crippen molar-refractivity contribution in [1.29, 1.82) is 0 Å². The van der Waals surface area contributed by atoms with E-state index in [9.17, 15) is 0 Å². The van der Waals surface area contributed by atoms with Gasteiger partial charge in [-0.05, 0) is 109 Å².